The van der Waals surface area contributed by atoms with E-state index in [0.29, 0.717) is 37.7 Å². The third kappa shape index (κ3) is 5.13. The summed E-state index contributed by atoms with van der Waals surface area (Å²) < 4.78 is 24.9. The summed E-state index contributed by atoms with van der Waals surface area (Å²) in [6.07, 6.45) is 5.11. The van der Waals surface area contributed by atoms with Crippen LogP contribution in [0.2, 0.25) is 0 Å². The van der Waals surface area contributed by atoms with Gasteiger partial charge in [0, 0.05) is 25.2 Å². The monoisotopic (exact) mass is 303 g/mol. The summed E-state index contributed by atoms with van der Waals surface area (Å²) in [7, 11) is 0. The third-order valence-electron chi connectivity index (χ3n) is 3.46. The first-order chi connectivity index (χ1) is 10.7. The second kappa shape index (κ2) is 8.51. The van der Waals surface area contributed by atoms with Crippen LogP contribution in [0.3, 0.4) is 0 Å². The van der Waals surface area contributed by atoms with Gasteiger partial charge in [-0.2, -0.15) is 0 Å². The minimum Gasteiger partial charge on any atom is -0.490 e. The van der Waals surface area contributed by atoms with Gasteiger partial charge in [-0.25, -0.2) is 4.39 Å². The van der Waals surface area contributed by atoms with Gasteiger partial charge in [0.1, 0.15) is 18.2 Å². The van der Waals surface area contributed by atoms with Crippen molar-refractivity contribution in [1.29, 1.82) is 0 Å². The van der Waals surface area contributed by atoms with Crippen LogP contribution in [0.15, 0.2) is 55.3 Å². The molecule has 0 aromatic heterocycles. The predicted octanol–water partition coefficient (Wildman–Crippen LogP) is 3.43. The first-order valence-electron chi connectivity index (χ1n) is 7.37. The van der Waals surface area contributed by atoms with Crippen molar-refractivity contribution >= 4 is 0 Å². The lowest BCUT2D eigenvalue weighted by Gasteiger charge is -2.26. The maximum Gasteiger partial charge on any atom is 0.128 e. The van der Waals surface area contributed by atoms with Gasteiger partial charge in [-0.3, -0.25) is 4.90 Å². The molecular weight excluding hydrogens is 281 g/mol. The number of hydrogen-bond acceptors (Lipinski definition) is 3. The van der Waals surface area contributed by atoms with Gasteiger partial charge in [-0.05, 0) is 17.7 Å². The Hall–Kier alpha value is -1.91. The van der Waals surface area contributed by atoms with E-state index in [1.54, 1.807) is 18.2 Å². The van der Waals surface area contributed by atoms with Crippen LogP contribution in [0, 0.1) is 5.82 Å². The van der Waals surface area contributed by atoms with Gasteiger partial charge < -0.3 is 9.47 Å². The molecule has 1 aromatic rings. The average molecular weight is 303 g/mol. The zero-order chi connectivity index (χ0) is 15.8. The van der Waals surface area contributed by atoms with Crippen molar-refractivity contribution in [3.8, 4) is 0 Å². The fraction of sp³-hybridized carbons (Fsp3) is 0.333. The fourth-order valence-electron chi connectivity index (χ4n) is 2.21. The summed E-state index contributed by atoms with van der Waals surface area (Å²) in [6, 6.07) is 5.25. The molecule has 0 spiro atoms. The Morgan fingerprint density at radius 3 is 2.82 bits per heavy atom. The quantitative estimate of drug-likeness (QED) is 0.569. The van der Waals surface area contributed by atoms with E-state index in [4.69, 9.17) is 9.47 Å². The molecule has 0 bridgehead atoms. The van der Waals surface area contributed by atoms with Gasteiger partial charge in [-0.1, -0.05) is 37.4 Å². The molecule has 1 aliphatic heterocycles. The second-order valence-corrected chi connectivity index (χ2v) is 5.16. The minimum atomic E-state index is -0.195. The Morgan fingerprint density at radius 1 is 1.36 bits per heavy atom. The van der Waals surface area contributed by atoms with Crippen molar-refractivity contribution in [1.82, 2.24) is 4.90 Å². The number of hydrogen-bond donors (Lipinski definition) is 0. The molecule has 0 N–H and O–H groups in total. The Balaban J connectivity index is 1.89. The zero-order valence-corrected chi connectivity index (χ0v) is 12.8. The highest BCUT2D eigenvalue weighted by atomic mass is 19.1. The molecule has 22 heavy (non-hydrogen) atoms. The Labute approximate surface area is 131 Å². The van der Waals surface area contributed by atoms with Crippen LogP contribution in [-0.2, 0) is 22.6 Å². The molecule has 0 unspecified atom stereocenters. The van der Waals surface area contributed by atoms with Gasteiger partial charge in [-0.15, -0.1) is 0 Å². The fourth-order valence-corrected chi connectivity index (χ4v) is 2.21. The summed E-state index contributed by atoms with van der Waals surface area (Å²) in [5.41, 5.74) is 1.49. The number of morpholine rings is 1. The normalized spacial score (nSPS) is 15.9. The SMILES string of the molecule is C=CC=CC(=C)OCc1ccc(CN2CCOCC2)c(F)c1. The lowest BCUT2D eigenvalue weighted by Crippen LogP contribution is -2.35. The number of rotatable bonds is 7. The molecule has 0 saturated carbocycles. The minimum absolute atomic E-state index is 0.195. The Morgan fingerprint density at radius 2 is 2.14 bits per heavy atom. The van der Waals surface area contributed by atoms with E-state index >= 15 is 0 Å². The highest BCUT2D eigenvalue weighted by molar-refractivity contribution is 5.24. The molecule has 0 aliphatic carbocycles. The summed E-state index contributed by atoms with van der Waals surface area (Å²) in [5.74, 6) is 0.331. The van der Waals surface area contributed by atoms with E-state index in [9.17, 15) is 4.39 Å². The molecule has 1 aromatic carbocycles. The van der Waals surface area contributed by atoms with Gasteiger partial charge in [0.05, 0.1) is 13.2 Å². The summed E-state index contributed by atoms with van der Waals surface area (Å²) in [5, 5.41) is 0. The van der Waals surface area contributed by atoms with Gasteiger partial charge >= 0.3 is 0 Å². The number of allylic oxidation sites excluding steroid dienone is 3. The highest BCUT2D eigenvalue weighted by Crippen LogP contribution is 2.15. The van der Waals surface area contributed by atoms with E-state index in [1.807, 2.05) is 12.1 Å². The van der Waals surface area contributed by atoms with Crippen molar-refractivity contribution < 1.29 is 13.9 Å². The first kappa shape index (κ1) is 16.5. The number of halogens is 1. The third-order valence-corrected chi connectivity index (χ3v) is 3.46. The van der Waals surface area contributed by atoms with Crippen LogP contribution in [0.25, 0.3) is 0 Å². The molecular formula is C18H22FNO2. The topological polar surface area (TPSA) is 21.7 Å². The lowest BCUT2D eigenvalue weighted by atomic mass is 10.1. The smallest absolute Gasteiger partial charge is 0.128 e. The van der Waals surface area contributed by atoms with E-state index in [2.05, 4.69) is 18.1 Å². The molecule has 0 amide bonds. The predicted molar refractivity (Wildman–Crippen MR) is 85.8 cm³/mol. The molecule has 2 rings (SSSR count). The van der Waals surface area contributed by atoms with Crippen LogP contribution in [-0.4, -0.2) is 31.2 Å². The van der Waals surface area contributed by atoms with Crippen LogP contribution in [0.1, 0.15) is 11.1 Å². The summed E-state index contributed by atoms with van der Waals surface area (Å²) in [6.45, 7) is 11.4. The maximum absolute atomic E-state index is 14.2. The Kier molecular flexibility index (Phi) is 6.37. The molecule has 118 valence electrons. The van der Waals surface area contributed by atoms with E-state index in [0.717, 1.165) is 18.7 Å². The van der Waals surface area contributed by atoms with Crippen molar-refractivity contribution in [3.63, 3.8) is 0 Å². The zero-order valence-electron chi connectivity index (χ0n) is 12.8. The molecule has 0 atom stereocenters. The van der Waals surface area contributed by atoms with Gasteiger partial charge in [0.2, 0.25) is 0 Å². The maximum atomic E-state index is 14.2. The van der Waals surface area contributed by atoms with Gasteiger partial charge in [0.15, 0.2) is 0 Å². The van der Waals surface area contributed by atoms with Gasteiger partial charge in [0.25, 0.3) is 0 Å². The number of benzene rings is 1. The van der Waals surface area contributed by atoms with E-state index in [1.165, 1.54) is 6.07 Å². The Bertz CT molecular complexity index is 548. The van der Waals surface area contributed by atoms with Crippen LogP contribution < -0.4 is 0 Å². The first-order valence-corrected chi connectivity index (χ1v) is 7.37. The largest absolute Gasteiger partial charge is 0.490 e. The number of ether oxygens (including phenoxy) is 2. The van der Waals surface area contributed by atoms with Crippen molar-refractivity contribution in [2.75, 3.05) is 26.3 Å². The molecule has 1 aliphatic rings. The highest BCUT2D eigenvalue weighted by Gasteiger charge is 2.13. The molecule has 1 heterocycles. The van der Waals surface area contributed by atoms with E-state index in [-0.39, 0.29) is 5.82 Å². The second-order valence-electron chi connectivity index (χ2n) is 5.16. The van der Waals surface area contributed by atoms with Crippen LogP contribution in [0.4, 0.5) is 4.39 Å². The van der Waals surface area contributed by atoms with Crippen LogP contribution in [0.5, 0.6) is 0 Å². The molecule has 1 fully saturated rings. The standard InChI is InChI=1S/C18H22FNO2/c1-3-4-5-15(2)22-14-16-6-7-17(18(19)12-16)13-20-8-10-21-11-9-20/h3-7,12H,1-2,8-11,13-14H2. The molecule has 3 nitrogen and oxygen atoms in total. The van der Waals surface area contributed by atoms with Crippen LogP contribution >= 0.6 is 0 Å². The molecule has 1 saturated heterocycles. The number of nitrogens with zero attached hydrogens (tertiary/aromatic N) is 1. The summed E-state index contributed by atoms with van der Waals surface area (Å²) >= 11 is 0. The molecule has 0 radical (unpaired) electrons. The van der Waals surface area contributed by atoms with Crippen molar-refractivity contribution in [2.45, 2.75) is 13.2 Å². The average Bonchev–Trinajstić information content (AvgIpc) is 2.54. The van der Waals surface area contributed by atoms with E-state index < -0.39 is 0 Å². The molecule has 4 heteroatoms. The summed E-state index contributed by atoms with van der Waals surface area (Å²) in [4.78, 5) is 2.19. The van der Waals surface area contributed by atoms with Crippen molar-refractivity contribution in [2.24, 2.45) is 0 Å². The van der Waals surface area contributed by atoms with Crippen molar-refractivity contribution in [3.05, 3.63) is 72.3 Å². The lowest BCUT2D eigenvalue weighted by molar-refractivity contribution is 0.0337.